The van der Waals surface area contributed by atoms with Crippen LogP contribution in [-0.2, 0) is 17.8 Å². The number of hydrogen-bond acceptors (Lipinski definition) is 3. The van der Waals surface area contributed by atoms with Crippen molar-refractivity contribution in [1.82, 2.24) is 9.80 Å². The second kappa shape index (κ2) is 8.15. The van der Waals surface area contributed by atoms with Gasteiger partial charge in [0.1, 0.15) is 5.76 Å². The van der Waals surface area contributed by atoms with Crippen molar-refractivity contribution in [3.63, 3.8) is 0 Å². The molecule has 1 aromatic carbocycles. The maximum atomic E-state index is 13.1. The van der Waals surface area contributed by atoms with Gasteiger partial charge in [-0.25, -0.2) is 0 Å². The Morgan fingerprint density at radius 1 is 1.21 bits per heavy atom. The Balaban J connectivity index is 1.69. The van der Waals surface area contributed by atoms with E-state index in [0.717, 1.165) is 31.6 Å². The van der Waals surface area contributed by atoms with Crippen LogP contribution in [0.2, 0.25) is 0 Å². The number of rotatable bonds is 6. The molecule has 4 heteroatoms. The van der Waals surface area contributed by atoms with Gasteiger partial charge in [0.15, 0.2) is 0 Å². The minimum Gasteiger partial charge on any atom is -0.467 e. The first-order chi connectivity index (χ1) is 11.7. The average molecular weight is 326 g/mol. The van der Waals surface area contributed by atoms with Gasteiger partial charge in [-0.15, -0.1) is 0 Å². The van der Waals surface area contributed by atoms with E-state index in [1.54, 1.807) is 6.26 Å². The van der Waals surface area contributed by atoms with Crippen LogP contribution in [0.4, 0.5) is 0 Å². The van der Waals surface area contributed by atoms with Crippen LogP contribution < -0.4 is 0 Å². The van der Waals surface area contributed by atoms with E-state index in [1.165, 1.54) is 12.0 Å². The SMILES string of the molecule is CN1CCCC[C@H]1C(=O)N(CCc1ccccc1)Cc1ccco1. The first-order valence-electron chi connectivity index (χ1n) is 8.79. The van der Waals surface area contributed by atoms with Crippen molar-refractivity contribution in [2.75, 3.05) is 20.1 Å². The Labute approximate surface area is 144 Å². The smallest absolute Gasteiger partial charge is 0.240 e. The molecule has 0 aliphatic carbocycles. The number of carbonyl (C=O) groups is 1. The van der Waals surface area contributed by atoms with Crippen LogP contribution in [0.25, 0.3) is 0 Å². The third-order valence-corrected chi connectivity index (χ3v) is 4.81. The maximum Gasteiger partial charge on any atom is 0.240 e. The highest BCUT2D eigenvalue weighted by Crippen LogP contribution is 2.19. The highest BCUT2D eigenvalue weighted by atomic mass is 16.3. The number of carbonyl (C=O) groups excluding carboxylic acids is 1. The molecule has 3 rings (SSSR count). The van der Waals surface area contributed by atoms with Gasteiger partial charge < -0.3 is 9.32 Å². The van der Waals surface area contributed by atoms with E-state index in [2.05, 4.69) is 24.1 Å². The molecule has 1 saturated heterocycles. The summed E-state index contributed by atoms with van der Waals surface area (Å²) < 4.78 is 5.47. The molecule has 4 nitrogen and oxygen atoms in total. The molecule has 1 aliphatic heterocycles. The molecular weight excluding hydrogens is 300 g/mol. The number of benzene rings is 1. The van der Waals surface area contributed by atoms with Gasteiger partial charge in [0.05, 0.1) is 18.8 Å². The van der Waals surface area contributed by atoms with Crippen LogP contribution in [0, 0.1) is 0 Å². The highest BCUT2D eigenvalue weighted by molar-refractivity contribution is 5.82. The summed E-state index contributed by atoms with van der Waals surface area (Å²) in [7, 11) is 2.06. The van der Waals surface area contributed by atoms with E-state index in [1.807, 2.05) is 35.2 Å². The van der Waals surface area contributed by atoms with Gasteiger partial charge in [0.25, 0.3) is 0 Å². The average Bonchev–Trinajstić information content (AvgIpc) is 3.12. The van der Waals surface area contributed by atoms with E-state index in [0.29, 0.717) is 13.1 Å². The van der Waals surface area contributed by atoms with E-state index < -0.39 is 0 Å². The molecule has 0 bridgehead atoms. The van der Waals surface area contributed by atoms with Crippen LogP contribution in [0.3, 0.4) is 0 Å². The van der Waals surface area contributed by atoms with Gasteiger partial charge in [0.2, 0.25) is 5.91 Å². The van der Waals surface area contributed by atoms with Crippen molar-refractivity contribution in [2.45, 2.75) is 38.3 Å². The summed E-state index contributed by atoms with van der Waals surface area (Å²) in [5.41, 5.74) is 1.26. The molecule has 128 valence electrons. The summed E-state index contributed by atoms with van der Waals surface area (Å²) in [6, 6.07) is 14.2. The number of nitrogens with zero attached hydrogens (tertiary/aromatic N) is 2. The van der Waals surface area contributed by atoms with Gasteiger partial charge in [0, 0.05) is 6.54 Å². The topological polar surface area (TPSA) is 36.7 Å². The maximum absolute atomic E-state index is 13.1. The molecule has 1 aliphatic rings. The zero-order valence-corrected chi connectivity index (χ0v) is 14.4. The molecule has 2 heterocycles. The van der Waals surface area contributed by atoms with Crippen molar-refractivity contribution >= 4 is 5.91 Å². The third-order valence-electron chi connectivity index (χ3n) is 4.81. The van der Waals surface area contributed by atoms with Gasteiger partial charge in [-0.05, 0) is 50.6 Å². The molecule has 1 aromatic heterocycles. The summed E-state index contributed by atoms with van der Waals surface area (Å²) in [5.74, 6) is 1.07. The molecule has 1 atom stereocenters. The van der Waals surface area contributed by atoms with Gasteiger partial charge >= 0.3 is 0 Å². The lowest BCUT2D eigenvalue weighted by molar-refractivity contribution is -0.138. The van der Waals surface area contributed by atoms with E-state index >= 15 is 0 Å². The lowest BCUT2D eigenvalue weighted by Gasteiger charge is -2.35. The molecular formula is C20H26N2O2. The molecule has 0 radical (unpaired) electrons. The second-order valence-corrected chi connectivity index (χ2v) is 6.57. The summed E-state index contributed by atoms with van der Waals surface area (Å²) >= 11 is 0. The normalized spacial score (nSPS) is 18.5. The first kappa shape index (κ1) is 16.8. The highest BCUT2D eigenvalue weighted by Gasteiger charge is 2.30. The Morgan fingerprint density at radius 3 is 2.75 bits per heavy atom. The summed E-state index contributed by atoms with van der Waals surface area (Å²) in [6.07, 6.45) is 5.80. The predicted octanol–water partition coefficient (Wildman–Crippen LogP) is 3.34. The van der Waals surface area contributed by atoms with E-state index in [9.17, 15) is 4.79 Å². The number of hydrogen-bond donors (Lipinski definition) is 0. The quantitative estimate of drug-likeness (QED) is 0.817. The van der Waals surface area contributed by atoms with Crippen molar-refractivity contribution in [1.29, 1.82) is 0 Å². The lowest BCUT2D eigenvalue weighted by atomic mass is 10.0. The van der Waals surface area contributed by atoms with Crippen LogP contribution >= 0.6 is 0 Å². The molecule has 24 heavy (non-hydrogen) atoms. The molecule has 0 unspecified atom stereocenters. The lowest BCUT2D eigenvalue weighted by Crippen LogP contribution is -2.49. The summed E-state index contributed by atoms with van der Waals surface area (Å²) in [6.45, 7) is 2.26. The Kier molecular flexibility index (Phi) is 5.70. The number of amides is 1. The minimum atomic E-state index is 0.00415. The third kappa shape index (κ3) is 4.26. The zero-order chi connectivity index (χ0) is 16.8. The van der Waals surface area contributed by atoms with E-state index in [-0.39, 0.29) is 11.9 Å². The fraction of sp³-hybridized carbons (Fsp3) is 0.450. The van der Waals surface area contributed by atoms with Crippen molar-refractivity contribution < 1.29 is 9.21 Å². The molecule has 0 saturated carbocycles. The van der Waals surface area contributed by atoms with Crippen LogP contribution in [0.15, 0.2) is 53.1 Å². The molecule has 2 aromatic rings. The van der Waals surface area contributed by atoms with Crippen molar-refractivity contribution in [3.8, 4) is 0 Å². The van der Waals surface area contributed by atoms with E-state index in [4.69, 9.17) is 4.42 Å². The zero-order valence-electron chi connectivity index (χ0n) is 14.4. The minimum absolute atomic E-state index is 0.00415. The van der Waals surface area contributed by atoms with Crippen LogP contribution in [0.5, 0.6) is 0 Å². The second-order valence-electron chi connectivity index (χ2n) is 6.57. The Morgan fingerprint density at radius 2 is 2.04 bits per heavy atom. The van der Waals surface area contributed by atoms with Crippen LogP contribution in [0.1, 0.15) is 30.6 Å². The number of likely N-dealkylation sites (tertiary alicyclic amines) is 1. The van der Waals surface area contributed by atoms with Crippen molar-refractivity contribution in [3.05, 3.63) is 60.1 Å². The standard InChI is InChI=1S/C20H26N2O2/c1-21-13-6-5-11-19(21)20(23)22(16-18-10-7-15-24-18)14-12-17-8-3-2-4-9-17/h2-4,7-10,15,19H,5-6,11-14,16H2,1H3/t19-/m0/s1. The molecule has 0 spiro atoms. The van der Waals surface area contributed by atoms with Gasteiger partial charge in [-0.1, -0.05) is 36.8 Å². The number of likely N-dealkylation sites (N-methyl/N-ethyl adjacent to an activating group) is 1. The van der Waals surface area contributed by atoms with Crippen LogP contribution in [-0.4, -0.2) is 41.9 Å². The molecule has 1 fully saturated rings. The summed E-state index contributed by atoms with van der Waals surface area (Å²) in [4.78, 5) is 17.3. The first-order valence-corrected chi connectivity index (χ1v) is 8.79. The summed E-state index contributed by atoms with van der Waals surface area (Å²) in [5, 5.41) is 0. The molecule has 1 amide bonds. The number of furan rings is 1. The van der Waals surface area contributed by atoms with Crippen molar-refractivity contribution in [2.24, 2.45) is 0 Å². The number of piperidine rings is 1. The monoisotopic (exact) mass is 326 g/mol. The fourth-order valence-electron chi connectivity index (χ4n) is 3.36. The molecule has 0 N–H and O–H groups in total. The van der Waals surface area contributed by atoms with Gasteiger partial charge in [-0.3, -0.25) is 9.69 Å². The Bertz CT molecular complexity index is 624. The Hall–Kier alpha value is -2.07. The van der Waals surface area contributed by atoms with Gasteiger partial charge in [-0.2, -0.15) is 0 Å². The fourth-order valence-corrected chi connectivity index (χ4v) is 3.36. The predicted molar refractivity (Wildman–Crippen MR) is 94.5 cm³/mol. The largest absolute Gasteiger partial charge is 0.467 e.